The SMILES string of the molecule is Cc1ccc2nc(C(=O)N[C@@H](c3nccn3C)C3CC3)cn2c1. The van der Waals surface area contributed by atoms with E-state index in [1.807, 2.05) is 47.5 Å². The molecule has 0 spiro atoms. The highest BCUT2D eigenvalue weighted by atomic mass is 16.2. The molecule has 0 aliphatic heterocycles. The molecule has 0 bridgehead atoms. The molecule has 6 nitrogen and oxygen atoms in total. The average molecular weight is 309 g/mol. The highest BCUT2D eigenvalue weighted by Crippen LogP contribution is 2.40. The van der Waals surface area contributed by atoms with Gasteiger partial charge in [-0.1, -0.05) is 6.07 Å². The lowest BCUT2D eigenvalue weighted by atomic mass is 10.1. The summed E-state index contributed by atoms with van der Waals surface area (Å²) in [6.07, 6.45) is 9.68. The maximum atomic E-state index is 12.6. The van der Waals surface area contributed by atoms with Crippen molar-refractivity contribution in [3.8, 4) is 0 Å². The van der Waals surface area contributed by atoms with Crippen molar-refractivity contribution in [1.29, 1.82) is 0 Å². The second-order valence-corrected chi connectivity index (χ2v) is 6.28. The molecule has 3 heterocycles. The van der Waals surface area contributed by atoms with Crippen LogP contribution in [0, 0.1) is 12.8 Å². The van der Waals surface area contributed by atoms with Crippen molar-refractivity contribution in [2.45, 2.75) is 25.8 Å². The summed E-state index contributed by atoms with van der Waals surface area (Å²) in [4.78, 5) is 21.4. The summed E-state index contributed by atoms with van der Waals surface area (Å²) in [6.45, 7) is 2.02. The van der Waals surface area contributed by atoms with E-state index in [1.165, 1.54) is 0 Å². The van der Waals surface area contributed by atoms with E-state index in [1.54, 1.807) is 12.4 Å². The Balaban J connectivity index is 1.61. The zero-order valence-electron chi connectivity index (χ0n) is 13.2. The van der Waals surface area contributed by atoms with Crippen LogP contribution in [0.1, 0.15) is 40.8 Å². The van der Waals surface area contributed by atoms with Gasteiger partial charge in [0.2, 0.25) is 0 Å². The van der Waals surface area contributed by atoms with Gasteiger partial charge in [-0.2, -0.15) is 0 Å². The molecular weight excluding hydrogens is 290 g/mol. The molecule has 3 aromatic rings. The summed E-state index contributed by atoms with van der Waals surface area (Å²) in [5.41, 5.74) is 2.35. The highest BCUT2D eigenvalue weighted by molar-refractivity contribution is 5.93. The number of amides is 1. The fourth-order valence-corrected chi connectivity index (χ4v) is 2.93. The van der Waals surface area contributed by atoms with E-state index < -0.39 is 0 Å². The molecule has 6 heteroatoms. The number of aromatic nitrogens is 4. The third kappa shape index (κ3) is 2.60. The quantitative estimate of drug-likeness (QED) is 0.804. The summed E-state index contributed by atoms with van der Waals surface area (Å²) < 4.78 is 3.85. The minimum atomic E-state index is -0.147. The van der Waals surface area contributed by atoms with Crippen LogP contribution < -0.4 is 5.32 Å². The molecule has 1 saturated carbocycles. The summed E-state index contributed by atoms with van der Waals surface area (Å²) in [6, 6.07) is 3.86. The maximum absolute atomic E-state index is 12.6. The monoisotopic (exact) mass is 309 g/mol. The fourth-order valence-electron chi connectivity index (χ4n) is 2.93. The van der Waals surface area contributed by atoms with E-state index in [0.29, 0.717) is 11.6 Å². The number of fused-ring (bicyclic) bond motifs is 1. The number of nitrogens with one attached hydrogen (secondary N) is 1. The van der Waals surface area contributed by atoms with Crippen molar-refractivity contribution < 1.29 is 4.79 Å². The van der Waals surface area contributed by atoms with Crippen molar-refractivity contribution in [2.75, 3.05) is 0 Å². The third-order valence-corrected chi connectivity index (χ3v) is 4.35. The summed E-state index contributed by atoms with van der Waals surface area (Å²) >= 11 is 0. The number of aryl methyl sites for hydroxylation is 2. The number of hydrogen-bond donors (Lipinski definition) is 1. The number of nitrogens with zero attached hydrogens (tertiary/aromatic N) is 4. The molecule has 1 N–H and O–H groups in total. The van der Waals surface area contributed by atoms with Gasteiger partial charge < -0.3 is 14.3 Å². The van der Waals surface area contributed by atoms with Gasteiger partial charge in [-0.25, -0.2) is 9.97 Å². The minimum absolute atomic E-state index is 0.0472. The Hall–Kier alpha value is -2.63. The van der Waals surface area contributed by atoms with Crippen LogP contribution in [0.3, 0.4) is 0 Å². The highest BCUT2D eigenvalue weighted by Gasteiger charge is 2.36. The smallest absolute Gasteiger partial charge is 0.272 e. The van der Waals surface area contributed by atoms with Crippen LogP contribution in [-0.2, 0) is 7.05 Å². The maximum Gasteiger partial charge on any atom is 0.272 e. The zero-order valence-corrected chi connectivity index (χ0v) is 13.2. The first-order valence-corrected chi connectivity index (χ1v) is 7.85. The van der Waals surface area contributed by atoms with Gasteiger partial charge in [-0.3, -0.25) is 4.79 Å². The van der Waals surface area contributed by atoms with Crippen LogP contribution in [0.5, 0.6) is 0 Å². The Morgan fingerprint density at radius 1 is 1.35 bits per heavy atom. The van der Waals surface area contributed by atoms with E-state index in [2.05, 4.69) is 15.3 Å². The molecule has 0 saturated heterocycles. The van der Waals surface area contributed by atoms with Crippen molar-refractivity contribution in [1.82, 2.24) is 24.3 Å². The predicted molar refractivity (Wildman–Crippen MR) is 86.1 cm³/mol. The number of pyridine rings is 1. The number of carbonyl (C=O) groups excluding carboxylic acids is 1. The molecule has 1 aliphatic rings. The molecular formula is C17H19N5O. The number of imidazole rings is 2. The lowest BCUT2D eigenvalue weighted by molar-refractivity contribution is 0.0924. The van der Waals surface area contributed by atoms with Crippen LogP contribution in [0.2, 0.25) is 0 Å². The van der Waals surface area contributed by atoms with Gasteiger partial charge in [0.15, 0.2) is 0 Å². The van der Waals surface area contributed by atoms with Crippen LogP contribution in [0.15, 0.2) is 36.9 Å². The van der Waals surface area contributed by atoms with Gasteiger partial charge in [0, 0.05) is 31.8 Å². The number of rotatable bonds is 4. The van der Waals surface area contributed by atoms with Crippen molar-refractivity contribution in [2.24, 2.45) is 13.0 Å². The van der Waals surface area contributed by atoms with Gasteiger partial charge in [0.05, 0.1) is 6.04 Å². The van der Waals surface area contributed by atoms with Crippen molar-refractivity contribution >= 4 is 11.6 Å². The van der Waals surface area contributed by atoms with Crippen LogP contribution in [0.4, 0.5) is 0 Å². The Labute approximate surface area is 134 Å². The molecule has 4 rings (SSSR count). The average Bonchev–Trinajstić information content (AvgIpc) is 3.14. The Kier molecular flexibility index (Phi) is 3.18. The van der Waals surface area contributed by atoms with E-state index >= 15 is 0 Å². The molecule has 0 unspecified atom stereocenters. The lowest BCUT2D eigenvalue weighted by Crippen LogP contribution is -2.31. The van der Waals surface area contributed by atoms with Crippen LogP contribution in [0.25, 0.3) is 5.65 Å². The molecule has 118 valence electrons. The molecule has 0 radical (unpaired) electrons. The van der Waals surface area contributed by atoms with Gasteiger partial charge in [0.25, 0.3) is 5.91 Å². The topological polar surface area (TPSA) is 64.2 Å². The van der Waals surface area contributed by atoms with E-state index in [9.17, 15) is 4.79 Å². The Morgan fingerprint density at radius 2 is 2.17 bits per heavy atom. The first-order valence-electron chi connectivity index (χ1n) is 7.85. The standard InChI is InChI=1S/C17H19N5O/c1-11-3-6-14-19-13(10-22(14)9-11)17(23)20-15(12-4-5-12)16-18-7-8-21(16)2/h3,6-10,12,15H,4-5H2,1-2H3,(H,20,23)/t15-/m1/s1. The van der Waals surface area contributed by atoms with Crippen molar-refractivity contribution in [3.63, 3.8) is 0 Å². The predicted octanol–water partition coefficient (Wildman–Crippen LogP) is 2.26. The summed E-state index contributed by atoms with van der Waals surface area (Å²) in [5.74, 6) is 1.23. The second-order valence-electron chi connectivity index (χ2n) is 6.28. The summed E-state index contributed by atoms with van der Waals surface area (Å²) in [5, 5.41) is 3.12. The summed E-state index contributed by atoms with van der Waals surface area (Å²) in [7, 11) is 1.96. The molecule has 3 aromatic heterocycles. The van der Waals surface area contributed by atoms with Crippen LogP contribution >= 0.6 is 0 Å². The van der Waals surface area contributed by atoms with Gasteiger partial charge in [0.1, 0.15) is 17.2 Å². The Morgan fingerprint density at radius 3 is 2.87 bits per heavy atom. The second kappa shape index (κ2) is 5.22. The zero-order chi connectivity index (χ0) is 16.0. The normalized spacial score (nSPS) is 15.7. The van der Waals surface area contributed by atoms with Gasteiger partial charge >= 0.3 is 0 Å². The van der Waals surface area contributed by atoms with Gasteiger partial charge in [-0.15, -0.1) is 0 Å². The third-order valence-electron chi connectivity index (χ3n) is 4.35. The molecule has 1 atom stereocenters. The molecule has 23 heavy (non-hydrogen) atoms. The van der Waals surface area contributed by atoms with Gasteiger partial charge in [-0.05, 0) is 37.3 Å². The van der Waals surface area contributed by atoms with Crippen molar-refractivity contribution in [3.05, 3.63) is 54.0 Å². The minimum Gasteiger partial charge on any atom is -0.340 e. The number of hydrogen-bond acceptors (Lipinski definition) is 3. The molecule has 1 fully saturated rings. The number of carbonyl (C=O) groups is 1. The first-order chi connectivity index (χ1) is 11.1. The van der Waals surface area contributed by atoms with E-state index in [-0.39, 0.29) is 11.9 Å². The van der Waals surface area contributed by atoms with Crippen LogP contribution in [-0.4, -0.2) is 24.8 Å². The largest absolute Gasteiger partial charge is 0.340 e. The lowest BCUT2D eigenvalue weighted by Gasteiger charge is -2.17. The van der Waals surface area contributed by atoms with E-state index in [4.69, 9.17) is 0 Å². The van der Waals surface area contributed by atoms with E-state index in [0.717, 1.165) is 29.9 Å². The molecule has 1 amide bonds. The fraction of sp³-hybridized carbons (Fsp3) is 0.353. The Bertz CT molecular complexity index is 874. The first kappa shape index (κ1) is 14.0. The molecule has 0 aromatic carbocycles. The molecule has 1 aliphatic carbocycles.